The molecule has 3 aliphatic rings. The first-order valence-corrected chi connectivity index (χ1v) is 9.76. The first kappa shape index (κ1) is 18.9. The van der Waals surface area contributed by atoms with Crippen molar-refractivity contribution in [2.75, 3.05) is 5.32 Å². The van der Waals surface area contributed by atoms with Gasteiger partial charge in [-0.05, 0) is 73.6 Å². The van der Waals surface area contributed by atoms with Crippen LogP contribution in [-0.4, -0.2) is 17.4 Å². The normalized spacial score (nSPS) is 25.9. The molecule has 2 aromatic rings. The van der Waals surface area contributed by atoms with Gasteiger partial charge in [0.15, 0.2) is 0 Å². The molecule has 3 aliphatic carbocycles. The number of hydrogen-bond donors (Lipinski definition) is 2. The summed E-state index contributed by atoms with van der Waals surface area (Å²) in [7, 11) is 0. The molecular formula is C22H22ClFN2O2. The largest absolute Gasteiger partial charge is 0.347 e. The lowest BCUT2D eigenvalue weighted by Crippen LogP contribution is -2.77. The summed E-state index contributed by atoms with van der Waals surface area (Å²) < 4.78 is 13.0. The van der Waals surface area contributed by atoms with Crippen LogP contribution < -0.4 is 10.6 Å². The van der Waals surface area contributed by atoms with E-state index in [1.807, 2.05) is 13.8 Å². The summed E-state index contributed by atoms with van der Waals surface area (Å²) in [6.07, 6.45) is 2.38. The topological polar surface area (TPSA) is 58.2 Å². The minimum Gasteiger partial charge on any atom is -0.347 e. The third-order valence-electron chi connectivity index (χ3n) is 6.39. The molecule has 2 aromatic carbocycles. The average Bonchev–Trinajstić information content (AvgIpc) is 2.60. The van der Waals surface area contributed by atoms with Gasteiger partial charge in [-0.25, -0.2) is 4.39 Å². The Hall–Kier alpha value is -2.40. The highest BCUT2D eigenvalue weighted by atomic mass is 35.5. The molecule has 0 spiro atoms. The van der Waals surface area contributed by atoms with Crippen molar-refractivity contribution >= 4 is 29.1 Å². The van der Waals surface area contributed by atoms with Gasteiger partial charge in [0, 0.05) is 27.7 Å². The molecule has 0 saturated heterocycles. The van der Waals surface area contributed by atoms with E-state index >= 15 is 0 Å². The van der Waals surface area contributed by atoms with E-state index in [4.69, 9.17) is 11.6 Å². The summed E-state index contributed by atoms with van der Waals surface area (Å²) in [6.45, 7) is 3.76. The monoisotopic (exact) mass is 400 g/mol. The summed E-state index contributed by atoms with van der Waals surface area (Å²) in [5.74, 6) is -0.698. The molecule has 2 N–H and O–H groups in total. The molecule has 0 heterocycles. The van der Waals surface area contributed by atoms with E-state index in [1.54, 1.807) is 30.3 Å². The molecular weight excluding hydrogens is 379 g/mol. The van der Waals surface area contributed by atoms with Crippen LogP contribution in [0.5, 0.6) is 0 Å². The van der Waals surface area contributed by atoms with Crippen LogP contribution in [0, 0.1) is 24.1 Å². The van der Waals surface area contributed by atoms with Gasteiger partial charge < -0.3 is 10.6 Å². The highest BCUT2D eigenvalue weighted by Crippen LogP contribution is 2.70. The van der Waals surface area contributed by atoms with Crippen molar-refractivity contribution in [1.82, 2.24) is 5.32 Å². The van der Waals surface area contributed by atoms with Gasteiger partial charge in [0.1, 0.15) is 5.82 Å². The molecule has 0 aromatic heterocycles. The molecule has 6 heteroatoms. The van der Waals surface area contributed by atoms with E-state index in [-0.39, 0.29) is 34.5 Å². The van der Waals surface area contributed by atoms with Gasteiger partial charge >= 0.3 is 0 Å². The number of anilines is 1. The van der Waals surface area contributed by atoms with Gasteiger partial charge in [0.2, 0.25) is 5.91 Å². The third kappa shape index (κ3) is 3.08. The van der Waals surface area contributed by atoms with E-state index in [0.29, 0.717) is 16.3 Å². The number of carbonyl (C=O) groups excluding carboxylic acids is 2. The maximum absolute atomic E-state index is 13.0. The summed E-state index contributed by atoms with van der Waals surface area (Å²) >= 11 is 6.12. The molecule has 0 radical (unpaired) electrons. The molecule has 146 valence electrons. The van der Waals surface area contributed by atoms with Crippen molar-refractivity contribution < 1.29 is 14.0 Å². The lowest BCUT2D eigenvalue weighted by Gasteiger charge is -2.72. The van der Waals surface area contributed by atoms with E-state index in [2.05, 4.69) is 10.6 Å². The number of carbonyl (C=O) groups is 2. The Balaban J connectivity index is 1.35. The highest BCUT2D eigenvalue weighted by molar-refractivity contribution is 6.31. The number of rotatable bonds is 5. The Labute approximate surface area is 168 Å². The van der Waals surface area contributed by atoms with Crippen molar-refractivity contribution in [3.63, 3.8) is 0 Å². The van der Waals surface area contributed by atoms with Crippen LogP contribution in [0.25, 0.3) is 0 Å². The highest BCUT2D eigenvalue weighted by Gasteiger charge is 2.71. The summed E-state index contributed by atoms with van der Waals surface area (Å²) in [4.78, 5) is 25.2. The number of benzene rings is 2. The molecule has 4 nitrogen and oxygen atoms in total. The number of hydrogen-bond acceptors (Lipinski definition) is 2. The molecule has 28 heavy (non-hydrogen) atoms. The molecule has 2 amide bonds. The maximum atomic E-state index is 13.0. The van der Waals surface area contributed by atoms with Gasteiger partial charge in [-0.15, -0.1) is 0 Å². The first-order chi connectivity index (χ1) is 13.2. The standard InChI is InChI=1S/C22H22ClFN2O2/c1-13-17(4-3-5-18(13)23)20(28)26-22-10-21(11-22,12-22)14(2)19(27)25-16-8-6-15(24)7-9-16/h3-9,14H,10-12H2,1-2H3,(H,25,27)(H,26,28)/t14-,21?,22?/m1/s1. The summed E-state index contributed by atoms with van der Waals surface area (Å²) in [5, 5.41) is 6.58. The number of nitrogens with one attached hydrogen (secondary N) is 2. The number of amides is 2. The zero-order valence-electron chi connectivity index (χ0n) is 15.8. The lowest BCUT2D eigenvalue weighted by atomic mass is 9.36. The van der Waals surface area contributed by atoms with Crippen molar-refractivity contribution in [2.24, 2.45) is 11.3 Å². The minimum absolute atomic E-state index is 0.0687. The Bertz CT molecular complexity index is 938. The summed E-state index contributed by atoms with van der Waals surface area (Å²) in [5.41, 5.74) is 1.67. The second-order valence-corrected chi connectivity index (χ2v) is 8.66. The molecule has 1 atom stereocenters. The molecule has 2 bridgehead atoms. The minimum atomic E-state index is -0.335. The van der Waals surface area contributed by atoms with Crippen molar-refractivity contribution in [1.29, 1.82) is 0 Å². The zero-order valence-corrected chi connectivity index (χ0v) is 16.6. The fraction of sp³-hybridized carbons (Fsp3) is 0.364. The van der Waals surface area contributed by atoms with Crippen LogP contribution in [0.2, 0.25) is 5.02 Å². The molecule has 3 saturated carbocycles. The Morgan fingerprint density at radius 2 is 1.75 bits per heavy atom. The Morgan fingerprint density at radius 3 is 2.39 bits per heavy atom. The smallest absolute Gasteiger partial charge is 0.252 e. The summed E-state index contributed by atoms with van der Waals surface area (Å²) in [6, 6.07) is 11.1. The molecule has 0 aliphatic heterocycles. The predicted molar refractivity (Wildman–Crippen MR) is 107 cm³/mol. The van der Waals surface area contributed by atoms with Crippen LogP contribution in [0.3, 0.4) is 0 Å². The second kappa shape index (κ2) is 6.59. The first-order valence-electron chi connectivity index (χ1n) is 9.38. The Kier molecular flexibility index (Phi) is 4.46. The van der Waals surface area contributed by atoms with E-state index < -0.39 is 0 Å². The SMILES string of the molecule is Cc1c(Cl)cccc1C(=O)NC12CC([C@H](C)C(=O)Nc3ccc(F)cc3)(C1)C2. The molecule has 0 unspecified atom stereocenters. The third-order valence-corrected chi connectivity index (χ3v) is 6.80. The quantitative estimate of drug-likeness (QED) is 0.763. The fourth-order valence-electron chi connectivity index (χ4n) is 4.68. The van der Waals surface area contributed by atoms with Crippen LogP contribution in [-0.2, 0) is 4.79 Å². The Morgan fingerprint density at radius 1 is 1.11 bits per heavy atom. The molecule has 3 fully saturated rings. The van der Waals surface area contributed by atoms with Crippen LogP contribution in [0.4, 0.5) is 10.1 Å². The van der Waals surface area contributed by atoms with Gasteiger partial charge in [-0.2, -0.15) is 0 Å². The van der Waals surface area contributed by atoms with Crippen molar-refractivity contribution in [2.45, 2.75) is 38.6 Å². The lowest BCUT2D eigenvalue weighted by molar-refractivity contribution is -0.184. The average molecular weight is 401 g/mol. The van der Waals surface area contributed by atoms with Gasteiger partial charge in [-0.3, -0.25) is 9.59 Å². The maximum Gasteiger partial charge on any atom is 0.252 e. The predicted octanol–water partition coefficient (Wildman–Crippen LogP) is 4.71. The van der Waals surface area contributed by atoms with Gasteiger partial charge in [0.05, 0.1) is 0 Å². The molecule has 5 rings (SSSR count). The van der Waals surface area contributed by atoms with Gasteiger partial charge in [-0.1, -0.05) is 24.6 Å². The van der Waals surface area contributed by atoms with Crippen molar-refractivity contribution in [3.8, 4) is 0 Å². The van der Waals surface area contributed by atoms with E-state index in [0.717, 1.165) is 24.8 Å². The van der Waals surface area contributed by atoms with E-state index in [9.17, 15) is 14.0 Å². The second-order valence-electron chi connectivity index (χ2n) is 8.26. The van der Waals surface area contributed by atoms with Crippen LogP contribution in [0.15, 0.2) is 42.5 Å². The van der Waals surface area contributed by atoms with Gasteiger partial charge in [0.25, 0.3) is 5.91 Å². The van der Waals surface area contributed by atoms with Crippen LogP contribution in [0.1, 0.15) is 42.1 Å². The van der Waals surface area contributed by atoms with E-state index in [1.165, 1.54) is 12.1 Å². The zero-order chi connectivity index (χ0) is 20.1. The number of halogens is 2. The van der Waals surface area contributed by atoms with Crippen LogP contribution >= 0.6 is 11.6 Å². The fourth-order valence-corrected chi connectivity index (χ4v) is 4.86. The van der Waals surface area contributed by atoms with Crippen molar-refractivity contribution in [3.05, 3.63) is 64.4 Å².